The number of hydrogen-bond donors (Lipinski definition) is 1. The van der Waals surface area contributed by atoms with Gasteiger partial charge in [-0.25, -0.2) is 9.78 Å². The van der Waals surface area contributed by atoms with Gasteiger partial charge in [0.05, 0.1) is 13.0 Å². The molecular formula is C9H10F2N2O3. The molecule has 16 heavy (non-hydrogen) atoms. The molecule has 1 N–H and O–H groups in total. The molecule has 1 aromatic rings. The molecule has 5 nitrogen and oxygen atoms in total. The van der Waals surface area contributed by atoms with E-state index >= 15 is 0 Å². The van der Waals surface area contributed by atoms with Gasteiger partial charge in [-0.2, -0.15) is 8.78 Å². The fourth-order valence-corrected chi connectivity index (χ4v) is 1.61. The second-order valence-electron chi connectivity index (χ2n) is 3.56. The average molecular weight is 232 g/mol. The number of aliphatic carboxylic acids is 1. The summed E-state index contributed by atoms with van der Waals surface area (Å²) in [5.74, 6) is -5.31. The summed E-state index contributed by atoms with van der Waals surface area (Å²) in [6.45, 7) is 1.13. The summed E-state index contributed by atoms with van der Waals surface area (Å²) in [4.78, 5) is 14.2. The molecule has 0 aromatic carbocycles. The maximum atomic E-state index is 13.0. The van der Waals surface area contributed by atoms with Crippen LogP contribution in [0.1, 0.15) is 11.5 Å². The number of aromatic nitrogens is 2. The fraction of sp³-hybridized carbons (Fsp3) is 0.556. The highest BCUT2D eigenvalue weighted by atomic mass is 19.3. The van der Waals surface area contributed by atoms with Crippen LogP contribution in [0.25, 0.3) is 0 Å². The van der Waals surface area contributed by atoms with Gasteiger partial charge in [0.15, 0.2) is 0 Å². The summed E-state index contributed by atoms with van der Waals surface area (Å²) in [6.07, 6.45) is 0.441. The predicted molar refractivity (Wildman–Crippen MR) is 48.2 cm³/mol. The highest BCUT2D eigenvalue weighted by Gasteiger charge is 2.40. The lowest BCUT2D eigenvalue weighted by Gasteiger charge is -2.18. The molecule has 1 aromatic heterocycles. The van der Waals surface area contributed by atoms with E-state index in [-0.39, 0.29) is 12.3 Å². The summed E-state index contributed by atoms with van der Waals surface area (Å²) >= 11 is 0. The monoisotopic (exact) mass is 232 g/mol. The molecule has 0 radical (unpaired) electrons. The van der Waals surface area contributed by atoms with E-state index < -0.39 is 18.3 Å². The van der Waals surface area contributed by atoms with Crippen molar-refractivity contribution in [1.82, 2.24) is 9.55 Å². The number of imidazole rings is 1. The number of alkyl halides is 2. The first kappa shape index (κ1) is 11.0. The van der Waals surface area contributed by atoms with E-state index in [9.17, 15) is 13.6 Å². The minimum atomic E-state index is -3.75. The zero-order valence-corrected chi connectivity index (χ0v) is 8.32. The van der Waals surface area contributed by atoms with Crippen LogP contribution >= 0.6 is 0 Å². The number of carbonyl (C=O) groups is 1. The minimum Gasteiger partial charge on any atom is -0.477 e. The Bertz CT molecular complexity index is 417. The van der Waals surface area contributed by atoms with Gasteiger partial charge in [-0.05, 0) is 0 Å². The lowest BCUT2D eigenvalue weighted by Crippen LogP contribution is -2.32. The molecule has 0 spiro atoms. The highest BCUT2D eigenvalue weighted by Crippen LogP contribution is 2.22. The molecule has 0 atom stereocenters. The zero-order valence-electron chi connectivity index (χ0n) is 8.32. The summed E-state index contributed by atoms with van der Waals surface area (Å²) < 4.78 is 32.7. The van der Waals surface area contributed by atoms with Crippen molar-refractivity contribution >= 4 is 5.97 Å². The Morgan fingerprint density at radius 2 is 2.44 bits per heavy atom. The van der Waals surface area contributed by atoms with Crippen molar-refractivity contribution in [2.75, 3.05) is 6.61 Å². The van der Waals surface area contributed by atoms with Gasteiger partial charge in [-0.3, -0.25) is 0 Å². The molecule has 88 valence electrons. The van der Waals surface area contributed by atoms with Crippen LogP contribution in [0.4, 0.5) is 8.78 Å². The highest BCUT2D eigenvalue weighted by molar-refractivity contribution is 5.75. The summed E-state index contributed by atoms with van der Waals surface area (Å²) in [5.41, 5.74) is 0.228. The first-order valence-corrected chi connectivity index (χ1v) is 4.73. The zero-order chi connectivity index (χ0) is 11.8. The van der Waals surface area contributed by atoms with Crippen LogP contribution in [0.15, 0.2) is 6.20 Å². The number of halogens is 2. The van der Waals surface area contributed by atoms with Crippen LogP contribution in [0.3, 0.4) is 0 Å². The minimum absolute atomic E-state index is 0.228. The van der Waals surface area contributed by atoms with Crippen LogP contribution in [0, 0.1) is 0 Å². The Balaban J connectivity index is 2.22. The molecule has 1 aliphatic rings. The smallest absolute Gasteiger partial charge is 0.374 e. The van der Waals surface area contributed by atoms with E-state index in [1.165, 1.54) is 6.20 Å². The van der Waals surface area contributed by atoms with Crippen LogP contribution in [-0.4, -0.2) is 33.2 Å². The van der Waals surface area contributed by atoms with Crippen molar-refractivity contribution in [2.24, 2.45) is 0 Å². The van der Waals surface area contributed by atoms with Crippen LogP contribution in [-0.2, 0) is 29.1 Å². The topological polar surface area (TPSA) is 64.3 Å². The maximum Gasteiger partial charge on any atom is 0.374 e. The summed E-state index contributed by atoms with van der Waals surface area (Å²) in [7, 11) is 0. The van der Waals surface area contributed by atoms with Crippen molar-refractivity contribution in [3.8, 4) is 0 Å². The van der Waals surface area contributed by atoms with Gasteiger partial charge in [-0.1, -0.05) is 0 Å². The molecule has 1 aliphatic heterocycles. The standard InChI is InChI=1S/C9H10F2N2O3/c10-9(11,8(14)15)3-6-4-12-7-5-16-2-1-13(6)7/h4H,1-3,5H2,(H,14,15). The Kier molecular flexibility index (Phi) is 2.63. The molecule has 0 bridgehead atoms. The third-order valence-corrected chi connectivity index (χ3v) is 2.43. The van der Waals surface area contributed by atoms with Crippen molar-refractivity contribution in [3.05, 3.63) is 17.7 Å². The van der Waals surface area contributed by atoms with Gasteiger partial charge >= 0.3 is 11.9 Å². The Hall–Kier alpha value is -1.50. The van der Waals surface area contributed by atoms with Gasteiger partial charge < -0.3 is 14.4 Å². The van der Waals surface area contributed by atoms with Gasteiger partial charge in [0, 0.05) is 18.4 Å². The third-order valence-electron chi connectivity index (χ3n) is 2.43. The SMILES string of the molecule is O=C(O)C(F)(F)Cc1cnc2n1CCOC2. The van der Waals surface area contributed by atoms with E-state index in [4.69, 9.17) is 9.84 Å². The maximum absolute atomic E-state index is 13.0. The molecule has 7 heteroatoms. The first-order valence-electron chi connectivity index (χ1n) is 4.73. The Morgan fingerprint density at radius 3 is 3.12 bits per heavy atom. The normalized spacial score (nSPS) is 15.9. The number of ether oxygens (including phenoxy) is 1. The summed E-state index contributed by atoms with van der Waals surface area (Å²) in [5, 5.41) is 8.34. The van der Waals surface area contributed by atoms with E-state index in [1.807, 2.05) is 0 Å². The van der Waals surface area contributed by atoms with E-state index in [0.29, 0.717) is 19.0 Å². The largest absolute Gasteiger partial charge is 0.477 e. The lowest BCUT2D eigenvalue weighted by molar-refractivity contribution is -0.164. The molecule has 0 fully saturated rings. The molecular weight excluding hydrogens is 222 g/mol. The molecule has 0 saturated carbocycles. The first-order chi connectivity index (χ1) is 7.50. The Labute approximate surface area is 89.7 Å². The van der Waals surface area contributed by atoms with Gasteiger partial charge in [0.1, 0.15) is 12.4 Å². The number of hydrogen-bond acceptors (Lipinski definition) is 3. The summed E-state index contributed by atoms with van der Waals surface area (Å²) in [6, 6.07) is 0. The second kappa shape index (κ2) is 3.82. The van der Waals surface area contributed by atoms with Crippen LogP contribution < -0.4 is 0 Å². The van der Waals surface area contributed by atoms with E-state index in [0.717, 1.165) is 0 Å². The van der Waals surface area contributed by atoms with Gasteiger partial charge in [-0.15, -0.1) is 0 Å². The van der Waals surface area contributed by atoms with E-state index in [2.05, 4.69) is 4.98 Å². The van der Waals surface area contributed by atoms with Crippen molar-refractivity contribution in [2.45, 2.75) is 25.5 Å². The number of nitrogens with zero attached hydrogens (tertiary/aromatic N) is 2. The predicted octanol–water partition coefficient (Wildman–Crippen LogP) is 0.676. The second-order valence-corrected chi connectivity index (χ2v) is 3.56. The van der Waals surface area contributed by atoms with Gasteiger partial charge in [0.2, 0.25) is 0 Å². The molecule has 0 aliphatic carbocycles. The molecule has 0 saturated heterocycles. The molecule has 2 rings (SSSR count). The molecule has 2 heterocycles. The fourth-order valence-electron chi connectivity index (χ4n) is 1.61. The number of carboxylic acid groups (broad SMARTS) is 1. The number of rotatable bonds is 3. The number of carboxylic acids is 1. The molecule has 0 unspecified atom stereocenters. The van der Waals surface area contributed by atoms with Crippen molar-refractivity contribution in [1.29, 1.82) is 0 Å². The quantitative estimate of drug-likeness (QED) is 0.832. The number of fused-ring (bicyclic) bond motifs is 1. The average Bonchev–Trinajstić information content (AvgIpc) is 2.61. The van der Waals surface area contributed by atoms with Crippen molar-refractivity contribution < 1.29 is 23.4 Å². The lowest BCUT2D eigenvalue weighted by atomic mass is 10.2. The molecule has 0 amide bonds. The van der Waals surface area contributed by atoms with Gasteiger partial charge in [0.25, 0.3) is 0 Å². The van der Waals surface area contributed by atoms with E-state index in [1.54, 1.807) is 4.57 Å². The van der Waals surface area contributed by atoms with Crippen molar-refractivity contribution in [3.63, 3.8) is 0 Å². The van der Waals surface area contributed by atoms with Crippen LogP contribution in [0.2, 0.25) is 0 Å². The Morgan fingerprint density at radius 1 is 1.69 bits per heavy atom. The van der Waals surface area contributed by atoms with Crippen LogP contribution in [0.5, 0.6) is 0 Å². The third kappa shape index (κ3) is 1.90.